The van der Waals surface area contributed by atoms with E-state index in [1.807, 2.05) is 26.0 Å². The molecule has 2 aliphatic rings. The van der Waals surface area contributed by atoms with Gasteiger partial charge in [0.2, 0.25) is 5.88 Å². The molecule has 1 aromatic carbocycles. The third kappa shape index (κ3) is 3.44. The smallest absolute Gasteiger partial charge is 0.354 e. The number of hydrogen-bond donors (Lipinski definition) is 2. The lowest BCUT2D eigenvalue weighted by Crippen LogP contribution is -2.33. The number of nitrogens with zero attached hydrogens (tertiary/aromatic N) is 3. The van der Waals surface area contributed by atoms with Gasteiger partial charge >= 0.3 is 6.03 Å². The van der Waals surface area contributed by atoms with E-state index in [4.69, 9.17) is 9.88 Å². The number of nitrogens with two attached hydrogens (primary N) is 1. The molecule has 9 heteroatoms. The first-order valence-corrected chi connectivity index (χ1v) is 10.5. The van der Waals surface area contributed by atoms with Gasteiger partial charge in [0, 0.05) is 11.1 Å². The van der Waals surface area contributed by atoms with E-state index in [-0.39, 0.29) is 10.3 Å². The van der Waals surface area contributed by atoms with Gasteiger partial charge in [-0.3, -0.25) is 0 Å². The van der Waals surface area contributed by atoms with E-state index in [1.165, 1.54) is 11.8 Å². The molecule has 1 aliphatic carbocycles. The molecule has 2 aromatic rings. The van der Waals surface area contributed by atoms with Crippen LogP contribution in [0.3, 0.4) is 0 Å². The zero-order valence-corrected chi connectivity index (χ0v) is 16.2. The van der Waals surface area contributed by atoms with Crippen LogP contribution < -0.4 is 15.2 Å². The summed E-state index contributed by atoms with van der Waals surface area (Å²) in [4.78, 5) is 12.5. The summed E-state index contributed by atoms with van der Waals surface area (Å²) in [7, 11) is -3.47. The Morgan fingerprint density at radius 2 is 2.22 bits per heavy atom. The highest BCUT2D eigenvalue weighted by atomic mass is 32.2. The van der Waals surface area contributed by atoms with Gasteiger partial charge in [0.05, 0.1) is 19.3 Å². The number of rotatable bonds is 2. The predicted molar refractivity (Wildman–Crippen MR) is 102 cm³/mol. The van der Waals surface area contributed by atoms with E-state index >= 15 is 0 Å². The molecule has 2 heterocycles. The zero-order valence-electron chi connectivity index (χ0n) is 15.4. The fourth-order valence-corrected chi connectivity index (χ4v) is 4.58. The van der Waals surface area contributed by atoms with Gasteiger partial charge in [-0.25, -0.2) is 18.8 Å². The lowest BCUT2D eigenvalue weighted by Gasteiger charge is -2.30. The molecule has 27 heavy (non-hydrogen) atoms. The molecule has 4 rings (SSSR count). The SMILES string of the molecule is CC1(C)COc2c(S(N)(=O)=NC(=O)Nc3cccc4c3CCC4)cnn2C1. The minimum absolute atomic E-state index is 0.0893. The maximum Gasteiger partial charge on any atom is 0.354 e. The van der Waals surface area contributed by atoms with Crippen LogP contribution >= 0.6 is 0 Å². The molecule has 1 atom stereocenters. The van der Waals surface area contributed by atoms with E-state index in [1.54, 1.807) is 4.68 Å². The third-order valence-electron chi connectivity index (χ3n) is 4.86. The quantitative estimate of drug-likeness (QED) is 0.822. The number of carbonyl (C=O) groups is 1. The lowest BCUT2D eigenvalue weighted by molar-refractivity contribution is 0.0972. The van der Waals surface area contributed by atoms with Crippen LogP contribution in [0.2, 0.25) is 0 Å². The fraction of sp³-hybridized carbons (Fsp3) is 0.444. The van der Waals surface area contributed by atoms with Crippen molar-refractivity contribution in [2.75, 3.05) is 11.9 Å². The molecule has 1 aromatic heterocycles. The fourth-order valence-electron chi connectivity index (χ4n) is 3.58. The van der Waals surface area contributed by atoms with E-state index in [0.29, 0.717) is 24.7 Å². The predicted octanol–water partition coefficient (Wildman–Crippen LogP) is 2.72. The topological polar surface area (TPSA) is 112 Å². The van der Waals surface area contributed by atoms with Crippen molar-refractivity contribution in [3.05, 3.63) is 35.5 Å². The Kier molecular flexibility index (Phi) is 4.23. The Morgan fingerprint density at radius 3 is 3.04 bits per heavy atom. The second-order valence-corrected chi connectivity index (χ2v) is 9.57. The molecule has 2 amide bonds. The van der Waals surface area contributed by atoms with Crippen molar-refractivity contribution in [1.82, 2.24) is 9.78 Å². The highest BCUT2D eigenvalue weighted by Crippen LogP contribution is 2.33. The van der Waals surface area contributed by atoms with Crippen LogP contribution in [0.1, 0.15) is 31.4 Å². The summed E-state index contributed by atoms with van der Waals surface area (Å²) >= 11 is 0. The number of fused-ring (bicyclic) bond motifs is 2. The van der Waals surface area contributed by atoms with E-state index < -0.39 is 15.9 Å². The van der Waals surface area contributed by atoms with Crippen LogP contribution in [0.5, 0.6) is 5.88 Å². The van der Waals surface area contributed by atoms with E-state index in [9.17, 15) is 9.00 Å². The molecule has 1 aliphatic heterocycles. The number of ether oxygens (including phenoxy) is 1. The number of amides is 2. The van der Waals surface area contributed by atoms with Gasteiger partial charge < -0.3 is 10.1 Å². The Labute approximate surface area is 158 Å². The number of aromatic nitrogens is 2. The number of carbonyl (C=O) groups excluding carboxylic acids is 1. The number of anilines is 1. The molecule has 8 nitrogen and oxygen atoms in total. The first kappa shape index (κ1) is 18.0. The molecule has 1 unspecified atom stereocenters. The van der Waals surface area contributed by atoms with Crippen molar-refractivity contribution >= 4 is 21.6 Å². The first-order valence-electron chi connectivity index (χ1n) is 8.90. The third-order valence-corrected chi connectivity index (χ3v) is 6.21. The molecule has 0 spiro atoms. The van der Waals surface area contributed by atoms with Crippen LogP contribution in [-0.4, -0.2) is 26.6 Å². The van der Waals surface area contributed by atoms with Crippen LogP contribution in [-0.2, 0) is 29.3 Å². The molecule has 0 radical (unpaired) electrons. The summed E-state index contributed by atoms with van der Waals surface area (Å²) in [5.74, 6) is 0.318. The number of aryl methyl sites for hydroxylation is 1. The molecule has 3 N–H and O–H groups in total. The molecule has 0 saturated heterocycles. The number of benzene rings is 1. The molecule has 144 valence electrons. The maximum absolute atomic E-state index is 12.9. The van der Waals surface area contributed by atoms with Crippen LogP contribution in [0.15, 0.2) is 33.7 Å². The summed E-state index contributed by atoms with van der Waals surface area (Å²) < 4.78 is 24.0. The second-order valence-electron chi connectivity index (χ2n) is 7.81. The minimum atomic E-state index is -3.47. The Balaban J connectivity index is 1.60. The standard InChI is InChI=1S/C18H23N5O3S/c1-18(2)10-23-16(26-11-18)15(9-20-23)27(19,25)22-17(24)21-14-8-4-6-12-5-3-7-13(12)14/h4,6,8-9H,3,5,7,10-11H2,1-2H3,(H3,19,21,22,24,25). The first-order chi connectivity index (χ1) is 12.8. The summed E-state index contributed by atoms with van der Waals surface area (Å²) in [6, 6.07) is 5.03. The van der Waals surface area contributed by atoms with Crippen molar-refractivity contribution in [3.63, 3.8) is 0 Å². The number of hydrogen-bond acceptors (Lipinski definition) is 4. The van der Waals surface area contributed by atoms with Gasteiger partial charge in [0.15, 0.2) is 9.92 Å². The highest BCUT2D eigenvalue weighted by Gasteiger charge is 2.32. The summed E-state index contributed by atoms with van der Waals surface area (Å²) in [5, 5.41) is 12.8. The number of urea groups is 1. The summed E-state index contributed by atoms with van der Waals surface area (Å²) in [6.45, 7) is 5.16. The lowest BCUT2D eigenvalue weighted by atomic mass is 9.94. The molecule has 0 fully saturated rings. The molecule has 0 bridgehead atoms. The van der Waals surface area contributed by atoms with Crippen molar-refractivity contribution in [2.45, 2.75) is 44.6 Å². The monoisotopic (exact) mass is 389 g/mol. The van der Waals surface area contributed by atoms with Gasteiger partial charge in [-0.1, -0.05) is 26.0 Å². The Bertz CT molecular complexity index is 1030. The largest absolute Gasteiger partial charge is 0.476 e. The van der Waals surface area contributed by atoms with Crippen molar-refractivity contribution in [2.24, 2.45) is 14.9 Å². The molecular weight excluding hydrogens is 366 g/mol. The van der Waals surface area contributed by atoms with Crippen molar-refractivity contribution in [3.8, 4) is 5.88 Å². The Morgan fingerprint density at radius 1 is 1.41 bits per heavy atom. The summed E-state index contributed by atoms with van der Waals surface area (Å²) in [5.41, 5.74) is 2.94. The van der Waals surface area contributed by atoms with Gasteiger partial charge in [-0.2, -0.15) is 5.10 Å². The maximum atomic E-state index is 12.9. The molecular formula is C18H23N5O3S. The van der Waals surface area contributed by atoms with Gasteiger partial charge in [-0.05, 0) is 36.5 Å². The van der Waals surface area contributed by atoms with E-state index in [2.05, 4.69) is 20.8 Å². The van der Waals surface area contributed by atoms with E-state index in [0.717, 1.165) is 24.8 Å². The van der Waals surface area contributed by atoms with Gasteiger partial charge in [-0.15, -0.1) is 4.36 Å². The summed E-state index contributed by atoms with van der Waals surface area (Å²) in [6.07, 6.45) is 4.34. The van der Waals surface area contributed by atoms with Gasteiger partial charge in [0.1, 0.15) is 4.90 Å². The zero-order chi connectivity index (χ0) is 19.2. The second kappa shape index (κ2) is 6.35. The minimum Gasteiger partial charge on any atom is -0.476 e. The van der Waals surface area contributed by atoms with Crippen LogP contribution in [0.4, 0.5) is 10.5 Å². The van der Waals surface area contributed by atoms with Crippen LogP contribution in [0.25, 0.3) is 0 Å². The number of nitrogens with one attached hydrogen (secondary N) is 1. The Hall–Kier alpha value is -2.39. The average molecular weight is 389 g/mol. The average Bonchev–Trinajstić information content (AvgIpc) is 3.20. The molecule has 0 saturated carbocycles. The normalized spacial score (nSPS) is 19.4. The van der Waals surface area contributed by atoms with Gasteiger partial charge in [0.25, 0.3) is 0 Å². The highest BCUT2D eigenvalue weighted by molar-refractivity contribution is 7.91. The van der Waals surface area contributed by atoms with Crippen LogP contribution in [0, 0.1) is 5.41 Å². The van der Waals surface area contributed by atoms with Crippen molar-refractivity contribution < 1.29 is 13.7 Å². The van der Waals surface area contributed by atoms with Crippen molar-refractivity contribution in [1.29, 1.82) is 0 Å².